The van der Waals surface area contributed by atoms with Crippen molar-refractivity contribution in [2.75, 3.05) is 6.61 Å². The van der Waals surface area contributed by atoms with Crippen LogP contribution < -0.4 is 15.5 Å². The fourth-order valence-electron chi connectivity index (χ4n) is 2.91. The highest BCUT2D eigenvalue weighted by Gasteiger charge is 2.14. The summed E-state index contributed by atoms with van der Waals surface area (Å²) < 4.78 is 5.60. The molecule has 34 heavy (non-hydrogen) atoms. The van der Waals surface area contributed by atoms with E-state index in [4.69, 9.17) is 4.74 Å². The molecule has 0 fully saturated rings. The van der Waals surface area contributed by atoms with Gasteiger partial charge in [0, 0.05) is 11.8 Å². The highest BCUT2D eigenvalue weighted by atomic mass is 16.5. The van der Waals surface area contributed by atoms with Crippen LogP contribution in [0.4, 0.5) is 0 Å². The van der Waals surface area contributed by atoms with Gasteiger partial charge in [-0.25, -0.2) is 5.43 Å². The van der Waals surface area contributed by atoms with Crippen LogP contribution in [-0.2, 0) is 4.79 Å². The molecule has 0 aromatic heterocycles. The molecule has 172 valence electrons. The van der Waals surface area contributed by atoms with Gasteiger partial charge >= 0.3 is 0 Å². The van der Waals surface area contributed by atoms with Crippen molar-refractivity contribution in [3.8, 4) is 5.75 Å². The SMILES string of the molecule is CCCOc1ccc(/C=C(\NC(=O)c2ccccc2)C(=O)N/N=C/C=C/c2ccccc2)cc1. The average Bonchev–Trinajstić information content (AvgIpc) is 2.88. The molecule has 0 saturated heterocycles. The van der Waals surface area contributed by atoms with E-state index in [0.29, 0.717) is 12.2 Å². The number of ether oxygens (including phenoxy) is 1. The molecule has 2 N–H and O–H groups in total. The normalized spacial score (nSPS) is 11.5. The third-order valence-electron chi connectivity index (χ3n) is 4.61. The molecule has 6 heteroatoms. The molecule has 3 aromatic carbocycles. The van der Waals surface area contributed by atoms with E-state index in [2.05, 4.69) is 15.8 Å². The van der Waals surface area contributed by atoms with E-state index in [1.807, 2.05) is 73.7 Å². The predicted molar refractivity (Wildman–Crippen MR) is 136 cm³/mol. The third kappa shape index (κ3) is 7.91. The van der Waals surface area contributed by atoms with Crippen molar-refractivity contribution in [3.63, 3.8) is 0 Å². The van der Waals surface area contributed by atoms with Gasteiger partial charge in [-0.3, -0.25) is 9.59 Å². The van der Waals surface area contributed by atoms with Gasteiger partial charge < -0.3 is 10.1 Å². The lowest BCUT2D eigenvalue weighted by molar-refractivity contribution is -0.117. The first-order valence-corrected chi connectivity index (χ1v) is 11.0. The smallest absolute Gasteiger partial charge is 0.287 e. The van der Waals surface area contributed by atoms with Gasteiger partial charge in [-0.05, 0) is 54.0 Å². The molecule has 0 aliphatic heterocycles. The second kappa shape index (κ2) is 13.2. The second-order valence-electron chi connectivity index (χ2n) is 7.28. The molecule has 0 heterocycles. The number of hydrazone groups is 1. The Morgan fingerprint density at radius 2 is 1.56 bits per heavy atom. The summed E-state index contributed by atoms with van der Waals surface area (Å²) in [6.07, 6.45) is 7.57. The quantitative estimate of drug-likeness (QED) is 0.256. The van der Waals surface area contributed by atoms with Gasteiger partial charge in [0.25, 0.3) is 11.8 Å². The summed E-state index contributed by atoms with van der Waals surface area (Å²) in [6.45, 7) is 2.67. The molecular weight excluding hydrogens is 426 g/mol. The molecule has 0 saturated carbocycles. The Hall–Kier alpha value is -4.45. The van der Waals surface area contributed by atoms with Crippen LogP contribution in [0.25, 0.3) is 12.2 Å². The molecule has 0 aliphatic rings. The number of nitrogens with zero attached hydrogens (tertiary/aromatic N) is 1. The summed E-state index contributed by atoms with van der Waals surface area (Å²) in [5, 5.41) is 6.64. The van der Waals surface area contributed by atoms with E-state index in [0.717, 1.165) is 23.3 Å². The first kappa shape index (κ1) is 24.2. The summed E-state index contributed by atoms with van der Waals surface area (Å²) in [7, 11) is 0. The van der Waals surface area contributed by atoms with Crippen LogP contribution >= 0.6 is 0 Å². The van der Waals surface area contributed by atoms with Gasteiger partial charge in [-0.1, -0.05) is 73.7 Å². The number of benzene rings is 3. The first-order chi connectivity index (χ1) is 16.7. The Labute approximate surface area is 199 Å². The monoisotopic (exact) mass is 453 g/mol. The summed E-state index contributed by atoms with van der Waals surface area (Å²) in [5.74, 6) is -0.189. The predicted octanol–water partition coefficient (Wildman–Crippen LogP) is 5.06. The zero-order valence-corrected chi connectivity index (χ0v) is 19.0. The van der Waals surface area contributed by atoms with Gasteiger partial charge in [0.15, 0.2) is 0 Å². The van der Waals surface area contributed by atoms with E-state index in [9.17, 15) is 9.59 Å². The van der Waals surface area contributed by atoms with Gasteiger partial charge in [-0.2, -0.15) is 5.10 Å². The fourth-order valence-corrected chi connectivity index (χ4v) is 2.91. The summed E-state index contributed by atoms with van der Waals surface area (Å²) >= 11 is 0. The molecule has 3 rings (SSSR count). The van der Waals surface area contributed by atoms with Crippen molar-refractivity contribution in [2.24, 2.45) is 5.10 Å². The van der Waals surface area contributed by atoms with E-state index in [1.54, 1.807) is 36.4 Å². The maximum atomic E-state index is 12.8. The maximum Gasteiger partial charge on any atom is 0.287 e. The highest BCUT2D eigenvalue weighted by molar-refractivity contribution is 6.05. The molecule has 0 bridgehead atoms. The van der Waals surface area contributed by atoms with Crippen molar-refractivity contribution >= 4 is 30.2 Å². The van der Waals surface area contributed by atoms with Crippen LogP contribution in [0, 0.1) is 0 Å². The van der Waals surface area contributed by atoms with Crippen molar-refractivity contribution in [2.45, 2.75) is 13.3 Å². The molecule has 0 atom stereocenters. The van der Waals surface area contributed by atoms with E-state index >= 15 is 0 Å². The number of carbonyl (C=O) groups is 2. The van der Waals surface area contributed by atoms with Crippen molar-refractivity contribution in [1.29, 1.82) is 0 Å². The zero-order valence-electron chi connectivity index (χ0n) is 19.0. The van der Waals surface area contributed by atoms with Crippen LogP contribution in [-0.4, -0.2) is 24.6 Å². The Kier molecular flexibility index (Phi) is 9.38. The lowest BCUT2D eigenvalue weighted by Crippen LogP contribution is -2.32. The largest absolute Gasteiger partial charge is 0.494 e. The van der Waals surface area contributed by atoms with Crippen molar-refractivity contribution < 1.29 is 14.3 Å². The number of rotatable bonds is 10. The Balaban J connectivity index is 1.72. The minimum atomic E-state index is -0.542. The number of hydrogen-bond donors (Lipinski definition) is 2. The van der Waals surface area contributed by atoms with Gasteiger partial charge in [-0.15, -0.1) is 0 Å². The van der Waals surface area contributed by atoms with Gasteiger partial charge in [0.2, 0.25) is 0 Å². The molecule has 0 radical (unpaired) electrons. The van der Waals surface area contributed by atoms with Crippen LogP contribution in [0.15, 0.2) is 102 Å². The first-order valence-electron chi connectivity index (χ1n) is 11.0. The minimum absolute atomic E-state index is 0.0697. The Bertz CT molecular complexity index is 1150. The van der Waals surface area contributed by atoms with E-state index in [-0.39, 0.29) is 5.70 Å². The van der Waals surface area contributed by atoms with Crippen LogP contribution in [0.1, 0.15) is 34.8 Å². The van der Waals surface area contributed by atoms with Crippen LogP contribution in [0.2, 0.25) is 0 Å². The fraction of sp³-hybridized carbons (Fsp3) is 0.107. The second-order valence-corrected chi connectivity index (χ2v) is 7.28. The Morgan fingerprint density at radius 1 is 0.882 bits per heavy atom. The zero-order chi connectivity index (χ0) is 24.0. The molecule has 0 unspecified atom stereocenters. The number of amides is 2. The van der Waals surface area contributed by atoms with E-state index < -0.39 is 11.8 Å². The number of nitrogens with one attached hydrogen (secondary N) is 2. The number of carbonyl (C=O) groups excluding carboxylic acids is 2. The maximum absolute atomic E-state index is 12.8. The summed E-state index contributed by atoms with van der Waals surface area (Å²) in [5.41, 5.74) is 4.72. The van der Waals surface area contributed by atoms with Crippen molar-refractivity contribution in [3.05, 3.63) is 113 Å². The van der Waals surface area contributed by atoms with Crippen LogP contribution in [0.3, 0.4) is 0 Å². The molecule has 0 spiro atoms. The van der Waals surface area contributed by atoms with Gasteiger partial charge in [0.1, 0.15) is 11.4 Å². The highest BCUT2D eigenvalue weighted by Crippen LogP contribution is 2.15. The lowest BCUT2D eigenvalue weighted by Gasteiger charge is -2.09. The van der Waals surface area contributed by atoms with Crippen LogP contribution in [0.5, 0.6) is 5.75 Å². The Morgan fingerprint density at radius 3 is 2.24 bits per heavy atom. The molecular formula is C28H27N3O3. The standard InChI is InChI=1S/C28H27N3O3/c1-2-20-34-25-17-15-23(16-18-25)21-26(30-27(32)24-13-7-4-8-14-24)28(33)31-29-19-9-12-22-10-5-3-6-11-22/h3-19,21H,2,20H2,1H3,(H,30,32)(H,31,33)/b12-9+,26-21-,29-19+. The van der Waals surface area contributed by atoms with Crippen molar-refractivity contribution in [1.82, 2.24) is 10.7 Å². The molecule has 3 aromatic rings. The number of allylic oxidation sites excluding steroid dienone is 1. The van der Waals surface area contributed by atoms with E-state index in [1.165, 1.54) is 6.21 Å². The minimum Gasteiger partial charge on any atom is -0.494 e. The lowest BCUT2D eigenvalue weighted by atomic mass is 10.1. The third-order valence-corrected chi connectivity index (χ3v) is 4.61. The average molecular weight is 454 g/mol. The van der Waals surface area contributed by atoms with Gasteiger partial charge in [0.05, 0.1) is 6.61 Å². The summed E-state index contributed by atoms with van der Waals surface area (Å²) in [6, 6.07) is 25.7. The number of hydrogen-bond acceptors (Lipinski definition) is 4. The molecule has 2 amide bonds. The topological polar surface area (TPSA) is 79.8 Å². The summed E-state index contributed by atoms with van der Waals surface area (Å²) in [4.78, 5) is 25.5. The molecule has 6 nitrogen and oxygen atoms in total. The molecule has 0 aliphatic carbocycles.